The standard InChI is InChI=1S/C15H29N3O/c1-12-5-4-8-15(9-12,18(2)3)11-17-14(19)10-16-13-6-7-13/h12-13,16H,4-11H2,1-3H3,(H,17,19). The van der Waals surface area contributed by atoms with Crippen LogP contribution in [0, 0.1) is 5.92 Å². The van der Waals surface area contributed by atoms with Gasteiger partial charge in [-0.3, -0.25) is 4.79 Å². The lowest BCUT2D eigenvalue weighted by Crippen LogP contribution is -2.55. The summed E-state index contributed by atoms with van der Waals surface area (Å²) in [5.41, 5.74) is 0.160. The van der Waals surface area contributed by atoms with Crippen molar-refractivity contribution < 1.29 is 4.79 Å². The molecule has 4 nitrogen and oxygen atoms in total. The second-order valence-electron chi connectivity index (χ2n) is 6.75. The zero-order valence-electron chi connectivity index (χ0n) is 12.7. The van der Waals surface area contributed by atoms with Gasteiger partial charge in [-0.2, -0.15) is 0 Å². The van der Waals surface area contributed by atoms with E-state index >= 15 is 0 Å². The van der Waals surface area contributed by atoms with Gasteiger partial charge in [-0.1, -0.05) is 19.8 Å². The van der Waals surface area contributed by atoms with E-state index in [9.17, 15) is 4.79 Å². The predicted octanol–water partition coefficient (Wildman–Crippen LogP) is 1.37. The van der Waals surface area contributed by atoms with Gasteiger partial charge in [-0.25, -0.2) is 0 Å². The number of carbonyl (C=O) groups excluding carboxylic acids is 1. The van der Waals surface area contributed by atoms with Gasteiger partial charge in [0, 0.05) is 18.1 Å². The summed E-state index contributed by atoms with van der Waals surface area (Å²) in [7, 11) is 4.29. The molecule has 0 aromatic carbocycles. The molecular formula is C15H29N3O. The third-order valence-electron chi connectivity index (χ3n) is 4.76. The van der Waals surface area contributed by atoms with Crippen molar-refractivity contribution in [2.24, 2.45) is 5.92 Å². The Labute approximate surface area is 117 Å². The van der Waals surface area contributed by atoms with Gasteiger partial charge in [0.05, 0.1) is 6.54 Å². The van der Waals surface area contributed by atoms with Crippen LogP contribution < -0.4 is 10.6 Å². The molecule has 4 heteroatoms. The van der Waals surface area contributed by atoms with Crippen molar-refractivity contribution >= 4 is 5.91 Å². The maximum Gasteiger partial charge on any atom is 0.234 e. The monoisotopic (exact) mass is 267 g/mol. The molecule has 2 rings (SSSR count). The van der Waals surface area contributed by atoms with E-state index in [2.05, 4.69) is 36.6 Å². The highest BCUT2D eigenvalue weighted by atomic mass is 16.1. The zero-order valence-corrected chi connectivity index (χ0v) is 12.7. The predicted molar refractivity (Wildman–Crippen MR) is 78.1 cm³/mol. The minimum absolute atomic E-state index is 0.145. The second kappa shape index (κ2) is 6.23. The van der Waals surface area contributed by atoms with Crippen LogP contribution in [0.1, 0.15) is 45.4 Å². The molecule has 0 aliphatic heterocycles. The highest BCUT2D eigenvalue weighted by Crippen LogP contribution is 2.35. The zero-order chi connectivity index (χ0) is 13.9. The lowest BCUT2D eigenvalue weighted by atomic mass is 9.75. The maximum absolute atomic E-state index is 11.9. The molecule has 110 valence electrons. The summed E-state index contributed by atoms with van der Waals surface area (Å²) in [6.45, 7) is 3.59. The summed E-state index contributed by atoms with van der Waals surface area (Å²) >= 11 is 0. The molecule has 0 aromatic rings. The SMILES string of the molecule is CC1CCCC(CNC(=O)CNC2CC2)(N(C)C)C1. The largest absolute Gasteiger partial charge is 0.353 e. The average Bonchev–Trinajstić information content (AvgIpc) is 3.18. The van der Waals surface area contributed by atoms with E-state index in [4.69, 9.17) is 0 Å². The van der Waals surface area contributed by atoms with Crippen LogP contribution in [0.15, 0.2) is 0 Å². The molecule has 0 heterocycles. The van der Waals surface area contributed by atoms with Crippen molar-refractivity contribution in [1.82, 2.24) is 15.5 Å². The van der Waals surface area contributed by atoms with Crippen LogP contribution in [0.4, 0.5) is 0 Å². The molecule has 19 heavy (non-hydrogen) atoms. The summed E-state index contributed by atoms with van der Waals surface area (Å²) in [6.07, 6.45) is 7.44. The first kappa shape index (κ1) is 14.8. The number of amides is 1. The molecule has 2 aliphatic carbocycles. The number of rotatable bonds is 6. The smallest absolute Gasteiger partial charge is 0.234 e. The molecule has 2 aliphatic rings. The fraction of sp³-hybridized carbons (Fsp3) is 0.933. The third-order valence-corrected chi connectivity index (χ3v) is 4.76. The Morgan fingerprint density at radius 2 is 2.05 bits per heavy atom. The Hall–Kier alpha value is -0.610. The van der Waals surface area contributed by atoms with Crippen molar-refractivity contribution in [3.05, 3.63) is 0 Å². The summed E-state index contributed by atoms with van der Waals surface area (Å²) < 4.78 is 0. The molecule has 2 unspecified atom stereocenters. The van der Waals surface area contributed by atoms with Crippen LogP contribution in [0.5, 0.6) is 0 Å². The Morgan fingerprint density at radius 1 is 1.32 bits per heavy atom. The highest BCUT2D eigenvalue weighted by molar-refractivity contribution is 5.78. The van der Waals surface area contributed by atoms with Crippen molar-refractivity contribution in [2.75, 3.05) is 27.2 Å². The van der Waals surface area contributed by atoms with Crippen LogP contribution in [0.25, 0.3) is 0 Å². The molecule has 0 radical (unpaired) electrons. The lowest BCUT2D eigenvalue weighted by molar-refractivity contribution is -0.121. The molecule has 2 fully saturated rings. The van der Waals surface area contributed by atoms with Gasteiger partial charge in [-0.05, 0) is 45.7 Å². The van der Waals surface area contributed by atoms with Crippen LogP contribution in [0.2, 0.25) is 0 Å². The van der Waals surface area contributed by atoms with Gasteiger partial charge in [0.2, 0.25) is 5.91 Å². The van der Waals surface area contributed by atoms with E-state index < -0.39 is 0 Å². The van der Waals surface area contributed by atoms with Crippen LogP contribution >= 0.6 is 0 Å². The number of carbonyl (C=O) groups is 1. The van der Waals surface area contributed by atoms with E-state index in [1.165, 1.54) is 38.5 Å². The second-order valence-corrected chi connectivity index (χ2v) is 6.75. The molecule has 2 saturated carbocycles. The molecule has 0 bridgehead atoms. The average molecular weight is 267 g/mol. The van der Waals surface area contributed by atoms with Crippen LogP contribution in [-0.4, -0.2) is 49.6 Å². The number of hydrogen-bond acceptors (Lipinski definition) is 3. The fourth-order valence-electron chi connectivity index (χ4n) is 3.21. The summed E-state index contributed by atoms with van der Waals surface area (Å²) in [5.74, 6) is 0.906. The molecule has 2 N–H and O–H groups in total. The Kier molecular flexibility index (Phi) is 4.85. The molecule has 1 amide bonds. The third kappa shape index (κ3) is 4.18. The van der Waals surface area contributed by atoms with E-state index in [0.717, 1.165) is 12.5 Å². The van der Waals surface area contributed by atoms with E-state index in [1.54, 1.807) is 0 Å². The quantitative estimate of drug-likeness (QED) is 0.764. The van der Waals surface area contributed by atoms with Gasteiger partial charge in [0.1, 0.15) is 0 Å². The molecule has 2 atom stereocenters. The van der Waals surface area contributed by atoms with Gasteiger partial charge < -0.3 is 15.5 Å². The number of hydrogen-bond donors (Lipinski definition) is 2. The summed E-state index contributed by atoms with van der Waals surface area (Å²) in [6, 6.07) is 0.600. The first-order valence-corrected chi connectivity index (χ1v) is 7.69. The lowest BCUT2D eigenvalue weighted by Gasteiger charge is -2.45. The van der Waals surface area contributed by atoms with Gasteiger partial charge in [0.25, 0.3) is 0 Å². The molecule has 0 saturated heterocycles. The Morgan fingerprint density at radius 3 is 2.63 bits per heavy atom. The number of nitrogens with zero attached hydrogens (tertiary/aromatic N) is 1. The Balaban J connectivity index is 1.80. The maximum atomic E-state index is 11.9. The molecule has 0 spiro atoms. The van der Waals surface area contributed by atoms with Crippen molar-refractivity contribution in [3.63, 3.8) is 0 Å². The van der Waals surface area contributed by atoms with Crippen molar-refractivity contribution in [2.45, 2.75) is 57.0 Å². The van der Waals surface area contributed by atoms with E-state index in [-0.39, 0.29) is 11.4 Å². The normalized spacial score (nSPS) is 31.5. The van der Waals surface area contributed by atoms with Crippen molar-refractivity contribution in [1.29, 1.82) is 0 Å². The topological polar surface area (TPSA) is 44.4 Å². The van der Waals surface area contributed by atoms with Gasteiger partial charge in [-0.15, -0.1) is 0 Å². The van der Waals surface area contributed by atoms with Crippen LogP contribution in [0.3, 0.4) is 0 Å². The Bertz CT molecular complexity index is 315. The summed E-state index contributed by atoms with van der Waals surface area (Å²) in [5, 5.41) is 6.40. The minimum atomic E-state index is 0.145. The van der Waals surface area contributed by atoms with Gasteiger partial charge in [0.15, 0.2) is 0 Å². The first-order chi connectivity index (χ1) is 9.02. The first-order valence-electron chi connectivity index (χ1n) is 7.69. The van der Waals surface area contributed by atoms with Gasteiger partial charge >= 0.3 is 0 Å². The van der Waals surface area contributed by atoms with Crippen LogP contribution in [-0.2, 0) is 4.79 Å². The number of likely N-dealkylation sites (N-methyl/N-ethyl adjacent to an activating group) is 1. The summed E-state index contributed by atoms with van der Waals surface area (Å²) in [4.78, 5) is 14.2. The van der Waals surface area contributed by atoms with E-state index in [1.807, 2.05) is 0 Å². The fourth-order valence-corrected chi connectivity index (χ4v) is 3.21. The minimum Gasteiger partial charge on any atom is -0.353 e. The van der Waals surface area contributed by atoms with E-state index in [0.29, 0.717) is 12.6 Å². The number of nitrogens with one attached hydrogen (secondary N) is 2. The highest BCUT2D eigenvalue weighted by Gasteiger charge is 2.37. The molecule has 0 aromatic heterocycles. The molecular weight excluding hydrogens is 238 g/mol. The van der Waals surface area contributed by atoms with Crippen molar-refractivity contribution in [3.8, 4) is 0 Å².